The number of nitrogens with two attached hydrogens (primary N) is 1. The fourth-order valence-corrected chi connectivity index (χ4v) is 5.38. The van der Waals surface area contributed by atoms with Gasteiger partial charge in [-0.3, -0.25) is 24.0 Å². The highest BCUT2D eigenvalue weighted by molar-refractivity contribution is 6.37. The Morgan fingerprint density at radius 2 is 1.67 bits per heavy atom. The minimum Gasteiger partial charge on any atom is -0.467 e. The smallest absolute Gasteiger partial charge is 0.389 e. The van der Waals surface area contributed by atoms with Crippen LogP contribution < -0.4 is 21.7 Å². The van der Waals surface area contributed by atoms with E-state index < -0.39 is 95.9 Å². The van der Waals surface area contributed by atoms with E-state index in [9.17, 15) is 41.9 Å². The summed E-state index contributed by atoms with van der Waals surface area (Å²) < 4.78 is 48.7. The molecule has 0 aromatic carbocycles. The van der Waals surface area contributed by atoms with Gasteiger partial charge in [0.2, 0.25) is 17.6 Å². The summed E-state index contributed by atoms with van der Waals surface area (Å²) in [4.78, 5) is 77.2. The zero-order valence-corrected chi connectivity index (χ0v) is 28.9. The Hall–Kier alpha value is -4.11. The molecule has 48 heavy (non-hydrogen) atoms. The van der Waals surface area contributed by atoms with Crippen LogP contribution in [0.15, 0.2) is 24.7 Å². The lowest BCUT2D eigenvalue weighted by Gasteiger charge is -2.37. The molecule has 5 amide bonds. The molecule has 1 saturated carbocycles. The van der Waals surface area contributed by atoms with Crippen molar-refractivity contribution in [2.45, 2.75) is 99.0 Å². The third-order valence-electron chi connectivity index (χ3n) is 7.90. The molecular weight excluding hydrogens is 639 g/mol. The number of primary amides is 1. The number of nitrogens with one attached hydrogen (secondary N) is 3. The van der Waals surface area contributed by atoms with Crippen molar-refractivity contribution >= 4 is 35.5 Å². The van der Waals surface area contributed by atoms with Gasteiger partial charge in [-0.05, 0) is 36.0 Å². The van der Waals surface area contributed by atoms with E-state index >= 15 is 0 Å². The maximum atomic E-state index is 13.9. The number of piperidine rings is 1. The summed E-state index contributed by atoms with van der Waals surface area (Å²) in [6, 6.07) is -5.14. The molecule has 1 aliphatic heterocycles. The number of carbonyl (C=O) groups excluding carboxylic acids is 6. The summed E-state index contributed by atoms with van der Waals surface area (Å²) in [6.07, 6.45) is -2.84. The highest BCUT2D eigenvalue weighted by Crippen LogP contribution is 2.65. The van der Waals surface area contributed by atoms with Gasteiger partial charge in [0.25, 0.3) is 5.91 Å². The van der Waals surface area contributed by atoms with Crippen LogP contribution in [0.5, 0.6) is 0 Å². The van der Waals surface area contributed by atoms with Crippen LogP contribution >= 0.6 is 0 Å². The van der Waals surface area contributed by atoms with Crippen molar-refractivity contribution < 1.29 is 51.4 Å². The predicted octanol–water partition coefficient (Wildman–Crippen LogP) is 3.09. The molecule has 1 aliphatic carbocycles. The zero-order valence-electron chi connectivity index (χ0n) is 28.9. The number of fused-ring (bicyclic) bond motifs is 1. The van der Waals surface area contributed by atoms with Crippen molar-refractivity contribution in [3.63, 3.8) is 0 Å². The second-order valence-corrected chi connectivity index (χ2v) is 13.5. The number of hydrogen-bond acceptors (Lipinski definition) is 8. The molecule has 2 fully saturated rings. The van der Waals surface area contributed by atoms with Gasteiger partial charge in [0, 0.05) is 13.0 Å². The Kier molecular flexibility index (Phi) is 15.1. The Bertz CT molecular complexity index is 1240. The first-order valence-electron chi connectivity index (χ1n) is 15.7. The number of nitrogens with zero attached hydrogens (tertiary/aromatic N) is 1. The number of esters is 1. The average molecular weight is 690 g/mol. The van der Waals surface area contributed by atoms with Gasteiger partial charge in [-0.1, -0.05) is 67.5 Å². The van der Waals surface area contributed by atoms with Crippen molar-refractivity contribution in [3.8, 4) is 0 Å². The highest BCUT2D eigenvalue weighted by atomic mass is 19.4. The van der Waals surface area contributed by atoms with Gasteiger partial charge in [0.1, 0.15) is 31.0 Å². The standard InChI is InChI=1S/C29H42F3N5O8.C3H8/c1-8-11-44-15(2)14-45-18(38)12-34-26(43)36-22(27(3,4)5)25(42)37-13-16-19(28(16,6)7)20(37)24(41)35-17(21(39)23(33)40)9-10-29(30,31)32;1-3-2/h8,11,16-17,19-20,22H,2,9-10,12-14H2,1,3-7H3,(H2,33,40)(H,35,41)(H2,34,36,43);3H2,1-2H3/b11-8-;/t16-,17?,19?,20?,22?;/m0./s1. The Labute approximate surface area is 279 Å². The molecule has 272 valence electrons. The van der Waals surface area contributed by atoms with E-state index in [1.54, 1.807) is 33.8 Å². The first kappa shape index (κ1) is 41.9. The van der Waals surface area contributed by atoms with Gasteiger partial charge in [0.05, 0.1) is 12.3 Å². The number of hydrogen-bond donors (Lipinski definition) is 4. The van der Waals surface area contributed by atoms with Crippen LogP contribution in [0.1, 0.15) is 74.7 Å². The van der Waals surface area contributed by atoms with Crippen LogP contribution in [0, 0.1) is 22.7 Å². The lowest BCUT2D eigenvalue weighted by Crippen LogP contribution is -2.61. The van der Waals surface area contributed by atoms with Gasteiger partial charge in [-0.25, -0.2) is 4.79 Å². The molecule has 5 N–H and O–H groups in total. The Balaban J connectivity index is 0.00000369. The zero-order chi connectivity index (χ0) is 37.2. The highest BCUT2D eigenvalue weighted by Gasteiger charge is 2.70. The number of allylic oxidation sites excluding steroid dienone is 1. The Morgan fingerprint density at radius 1 is 1.08 bits per heavy atom. The summed E-state index contributed by atoms with van der Waals surface area (Å²) in [5, 5.41) is 7.06. The fraction of sp³-hybridized carbons (Fsp3) is 0.688. The van der Waals surface area contributed by atoms with Gasteiger partial charge in [-0.15, -0.1) is 0 Å². The summed E-state index contributed by atoms with van der Waals surface area (Å²) in [7, 11) is 0. The largest absolute Gasteiger partial charge is 0.467 e. The van der Waals surface area contributed by atoms with Crippen LogP contribution in [0.2, 0.25) is 0 Å². The molecule has 13 nitrogen and oxygen atoms in total. The van der Waals surface area contributed by atoms with Gasteiger partial charge >= 0.3 is 18.2 Å². The molecule has 5 atom stereocenters. The number of ether oxygens (including phenoxy) is 2. The van der Waals surface area contributed by atoms with E-state index in [2.05, 4.69) is 36.4 Å². The van der Waals surface area contributed by atoms with E-state index in [1.807, 2.05) is 13.8 Å². The molecule has 4 unspecified atom stereocenters. The van der Waals surface area contributed by atoms with E-state index in [4.69, 9.17) is 15.2 Å². The summed E-state index contributed by atoms with van der Waals surface area (Å²) in [5.74, 6) is -5.67. The molecule has 16 heteroatoms. The number of likely N-dealkylation sites (tertiary alicyclic amines) is 1. The quantitative estimate of drug-likeness (QED) is 0.122. The molecule has 1 heterocycles. The van der Waals surface area contributed by atoms with Gasteiger partial charge < -0.3 is 36.1 Å². The number of rotatable bonds is 14. The van der Waals surface area contributed by atoms with E-state index in [1.165, 1.54) is 17.6 Å². The molecule has 2 aliphatic rings. The SMILES string of the molecule is C=C(COC(=O)CNC(=O)NC(C(=O)N1C[C@H]2C(C1C(=O)NC(CCC(F)(F)F)C(=O)C(N)=O)C2(C)C)C(C)(C)C)O/C=C\C.CCC. The molecule has 0 bridgehead atoms. The normalized spacial score (nSPS) is 20.6. The van der Waals surface area contributed by atoms with Crippen LogP contribution in [0.4, 0.5) is 18.0 Å². The molecule has 0 aromatic heterocycles. The van der Waals surface area contributed by atoms with Crippen molar-refractivity contribution in [3.05, 3.63) is 24.7 Å². The number of urea groups is 1. The lowest BCUT2D eigenvalue weighted by molar-refractivity contribution is -0.147. The van der Waals surface area contributed by atoms with Gasteiger partial charge in [0.15, 0.2) is 0 Å². The van der Waals surface area contributed by atoms with Gasteiger partial charge in [-0.2, -0.15) is 13.2 Å². The van der Waals surface area contributed by atoms with E-state index in [0.29, 0.717) is 0 Å². The predicted molar refractivity (Wildman–Crippen MR) is 169 cm³/mol. The number of carbonyl (C=O) groups is 6. The van der Waals surface area contributed by atoms with E-state index in [0.717, 1.165) is 0 Å². The monoisotopic (exact) mass is 689 g/mol. The number of halogens is 3. The first-order valence-corrected chi connectivity index (χ1v) is 15.7. The van der Waals surface area contributed by atoms with Crippen LogP contribution in [-0.2, 0) is 33.4 Å². The third-order valence-corrected chi connectivity index (χ3v) is 7.90. The number of amides is 5. The topological polar surface area (TPSA) is 186 Å². The maximum Gasteiger partial charge on any atom is 0.389 e. The van der Waals surface area contributed by atoms with Crippen LogP contribution in [0.25, 0.3) is 0 Å². The number of alkyl halides is 3. The van der Waals surface area contributed by atoms with Crippen LogP contribution in [-0.4, -0.2) is 84.4 Å². The number of ketones is 1. The third kappa shape index (κ3) is 12.2. The molecule has 1 saturated heterocycles. The summed E-state index contributed by atoms with van der Waals surface area (Å²) >= 11 is 0. The molecule has 2 rings (SSSR count). The lowest BCUT2D eigenvalue weighted by atomic mass is 9.85. The minimum atomic E-state index is -4.67. The van der Waals surface area contributed by atoms with Crippen molar-refractivity contribution in [2.24, 2.45) is 28.4 Å². The van der Waals surface area contributed by atoms with E-state index in [-0.39, 0.29) is 24.8 Å². The summed E-state index contributed by atoms with van der Waals surface area (Å²) in [6.45, 7) is 17.6. The minimum absolute atomic E-state index is 0.104. The molecule has 0 aromatic rings. The fourth-order valence-electron chi connectivity index (χ4n) is 5.38. The number of Topliss-reactive ketones (excluding diaryl/α,β-unsaturated/α-hetero) is 1. The second kappa shape index (κ2) is 17.3. The second-order valence-electron chi connectivity index (χ2n) is 13.5. The Morgan fingerprint density at radius 3 is 2.17 bits per heavy atom. The van der Waals surface area contributed by atoms with Crippen molar-refractivity contribution in [1.82, 2.24) is 20.9 Å². The first-order chi connectivity index (χ1) is 22.0. The molecule has 0 spiro atoms. The average Bonchev–Trinajstić information content (AvgIpc) is 3.28. The van der Waals surface area contributed by atoms with Crippen molar-refractivity contribution in [2.75, 3.05) is 19.7 Å². The molecular formula is C32H50F3N5O8. The van der Waals surface area contributed by atoms with Crippen LogP contribution in [0.3, 0.4) is 0 Å². The molecule has 0 radical (unpaired) electrons. The van der Waals surface area contributed by atoms with Crippen molar-refractivity contribution in [1.29, 1.82) is 0 Å². The summed E-state index contributed by atoms with van der Waals surface area (Å²) in [5.41, 5.74) is 3.70. The maximum absolute atomic E-state index is 13.9.